The first kappa shape index (κ1) is 33.3. The molecule has 12 nitrogen and oxygen atoms in total. The lowest BCUT2D eigenvalue weighted by Crippen LogP contribution is -2.53. The van der Waals surface area contributed by atoms with E-state index in [0.717, 1.165) is 70.4 Å². The third kappa shape index (κ3) is 8.50. The molecule has 4 rings (SSSR count). The molecule has 0 radical (unpaired) electrons. The zero-order chi connectivity index (χ0) is 31.5. The highest BCUT2D eigenvalue weighted by Crippen LogP contribution is 2.34. The summed E-state index contributed by atoms with van der Waals surface area (Å²) in [6.07, 6.45) is 7.67. The Hall–Kier alpha value is -3.64. The Morgan fingerprint density at radius 2 is 1.80 bits per heavy atom. The zero-order valence-corrected chi connectivity index (χ0v) is 26.7. The van der Waals surface area contributed by atoms with Crippen molar-refractivity contribution >= 4 is 34.9 Å². The van der Waals surface area contributed by atoms with E-state index in [2.05, 4.69) is 32.3 Å². The van der Waals surface area contributed by atoms with Crippen molar-refractivity contribution in [3.05, 3.63) is 29.6 Å². The normalized spacial score (nSPS) is 16.8. The van der Waals surface area contributed by atoms with Crippen LogP contribution in [-0.2, 0) is 20.7 Å². The van der Waals surface area contributed by atoms with E-state index in [0.29, 0.717) is 48.4 Å². The maximum absolute atomic E-state index is 12.6. The Morgan fingerprint density at radius 3 is 2.43 bits per heavy atom. The van der Waals surface area contributed by atoms with Crippen LogP contribution in [0.3, 0.4) is 0 Å². The lowest BCUT2D eigenvalue weighted by atomic mass is 10.0. The molecule has 2 aliphatic heterocycles. The summed E-state index contributed by atoms with van der Waals surface area (Å²) in [6, 6.07) is 5.83. The summed E-state index contributed by atoms with van der Waals surface area (Å²) in [5.74, 6) is 0.820. The number of ether oxygens (including phenoxy) is 3. The predicted molar refractivity (Wildman–Crippen MR) is 172 cm³/mol. The van der Waals surface area contributed by atoms with E-state index in [1.54, 1.807) is 7.11 Å². The second-order valence-corrected chi connectivity index (χ2v) is 11.4. The van der Waals surface area contributed by atoms with Crippen LogP contribution in [0.4, 0.5) is 23.0 Å². The Kier molecular flexibility index (Phi) is 12.4. The van der Waals surface area contributed by atoms with Crippen LogP contribution < -0.4 is 26.0 Å². The molecule has 3 heterocycles. The third-order valence-corrected chi connectivity index (χ3v) is 8.44. The highest BCUT2D eigenvalue weighted by Gasteiger charge is 2.30. The fourth-order valence-corrected chi connectivity index (χ4v) is 5.90. The van der Waals surface area contributed by atoms with Crippen LogP contribution >= 0.6 is 0 Å². The SMILES string of the molecule is CCCCCCC(C(=O)OC)N1CCN(c2ccc(Nc3nc(NC4CCOCC4)c(CC)nc3C(N)=O)cc2OC)CC1. The highest BCUT2D eigenvalue weighted by molar-refractivity contribution is 5.96. The predicted octanol–water partition coefficient (Wildman–Crippen LogP) is 4.12. The van der Waals surface area contributed by atoms with Crippen molar-refractivity contribution < 1.29 is 23.8 Å². The standard InChI is InChI=1S/C32H49N7O5/c1-5-7-8-9-10-26(32(41)43-4)39-17-15-38(16-18-39)25-12-11-23(21-27(25)42-3)35-31-28(29(33)40)36-24(6-2)30(37-31)34-22-13-19-44-20-14-22/h11-12,21-22,26H,5-10,13-20H2,1-4H3,(H2,33,40)(H2,34,35,37). The number of amides is 1. The number of aromatic nitrogens is 2. The topological polar surface area (TPSA) is 144 Å². The van der Waals surface area contributed by atoms with Crippen LogP contribution in [0.2, 0.25) is 0 Å². The molecule has 2 aromatic rings. The number of nitrogens with one attached hydrogen (secondary N) is 2. The number of hydrogen-bond donors (Lipinski definition) is 3. The number of piperazine rings is 1. The fourth-order valence-electron chi connectivity index (χ4n) is 5.90. The number of rotatable bonds is 15. The number of methoxy groups -OCH3 is 2. The summed E-state index contributed by atoms with van der Waals surface area (Å²) in [7, 11) is 3.11. The number of nitrogens with zero attached hydrogens (tertiary/aromatic N) is 4. The third-order valence-electron chi connectivity index (χ3n) is 8.44. The van der Waals surface area contributed by atoms with E-state index < -0.39 is 5.91 Å². The minimum atomic E-state index is -0.649. The van der Waals surface area contributed by atoms with E-state index in [9.17, 15) is 9.59 Å². The van der Waals surface area contributed by atoms with Gasteiger partial charge in [-0.1, -0.05) is 39.5 Å². The van der Waals surface area contributed by atoms with Crippen LogP contribution in [0.25, 0.3) is 0 Å². The first-order chi connectivity index (χ1) is 21.4. The van der Waals surface area contributed by atoms with Gasteiger partial charge in [-0.05, 0) is 37.8 Å². The van der Waals surface area contributed by atoms with Crippen LogP contribution in [0.15, 0.2) is 18.2 Å². The summed E-state index contributed by atoms with van der Waals surface area (Å²) in [6.45, 7) is 8.56. The van der Waals surface area contributed by atoms with Crippen molar-refractivity contribution in [1.29, 1.82) is 0 Å². The first-order valence-electron chi connectivity index (χ1n) is 15.9. The van der Waals surface area contributed by atoms with Crippen molar-refractivity contribution in [2.45, 2.75) is 77.3 Å². The van der Waals surface area contributed by atoms with E-state index in [1.165, 1.54) is 13.5 Å². The van der Waals surface area contributed by atoms with E-state index >= 15 is 0 Å². The van der Waals surface area contributed by atoms with Gasteiger partial charge in [0.1, 0.15) is 11.8 Å². The number of benzene rings is 1. The second kappa shape index (κ2) is 16.4. The summed E-state index contributed by atoms with van der Waals surface area (Å²) < 4.78 is 16.4. The largest absolute Gasteiger partial charge is 0.495 e. The van der Waals surface area contributed by atoms with Gasteiger partial charge in [-0.2, -0.15) is 0 Å². The van der Waals surface area contributed by atoms with Gasteiger partial charge in [-0.3, -0.25) is 14.5 Å². The summed E-state index contributed by atoms with van der Waals surface area (Å²) in [5.41, 5.74) is 8.16. The lowest BCUT2D eigenvalue weighted by Gasteiger charge is -2.39. The maximum Gasteiger partial charge on any atom is 0.323 e. The number of unbranched alkanes of at least 4 members (excludes halogenated alkanes) is 3. The fraction of sp³-hybridized carbons (Fsp3) is 0.625. The molecule has 2 aliphatic rings. The first-order valence-corrected chi connectivity index (χ1v) is 15.9. The van der Waals surface area contributed by atoms with Gasteiger partial charge in [0.25, 0.3) is 5.91 Å². The Bertz CT molecular complexity index is 1250. The molecule has 242 valence electrons. The molecule has 4 N–H and O–H groups in total. The number of anilines is 4. The van der Waals surface area contributed by atoms with Crippen molar-refractivity contribution in [3.8, 4) is 5.75 Å². The summed E-state index contributed by atoms with van der Waals surface area (Å²) in [4.78, 5) is 38.8. The molecular formula is C32H49N7O5. The lowest BCUT2D eigenvalue weighted by molar-refractivity contribution is -0.147. The molecule has 44 heavy (non-hydrogen) atoms. The van der Waals surface area contributed by atoms with Gasteiger partial charge in [-0.25, -0.2) is 9.97 Å². The smallest absolute Gasteiger partial charge is 0.323 e. The minimum Gasteiger partial charge on any atom is -0.495 e. The molecule has 1 unspecified atom stereocenters. The number of hydrogen-bond acceptors (Lipinski definition) is 11. The molecular weight excluding hydrogens is 562 g/mol. The molecule has 2 saturated heterocycles. The molecule has 1 aromatic heterocycles. The maximum atomic E-state index is 12.6. The van der Waals surface area contributed by atoms with Gasteiger partial charge in [0.05, 0.1) is 25.6 Å². The van der Waals surface area contributed by atoms with Gasteiger partial charge >= 0.3 is 5.97 Å². The number of carbonyl (C=O) groups excluding carboxylic acids is 2. The monoisotopic (exact) mass is 611 g/mol. The van der Waals surface area contributed by atoms with E-state index in [1.807, 2.05) is 25.1 Å². The molecule has 1 amide bonds. The van der Waals surface area contributed by atoms with Crippen LogP contribution in [-0.4, -0.2) is 92.4 Å². The Morgan fingerprint density at radius 1 is 1.05 bits per heavy atom. The molecule has 0 saturated carbocycles. The summed E-state index contributed by atoms with van der Waals surface area (Å²) in [5, 5.41) is 6.76. The van der Waals surface area contributed by atoms with Crippen LogP contribution in [0, 0.1) is 0 Å². The molecule has 0 aliphatic carbocycles. The van der Waals surface area contributed by atoms with Crippen molar-refractivity contribution in [3.63, 3.8) is 0 Å². The van der Waals surface area contributed by atoms with E-state index in [-0.39, 0.29) is 23.7 Å². The number of primary amides is 1. The van der Waals surface area contributed by atoms with E-state index in [4.69, 9.17) is 24.9 Å². The van der Waals surface area contributed by atoms with Crippen LogP contribution in [0.5, 0.6) is 5.75 Å². The number of aryl methyl sites for hydroxylation is 1. The van der Waals surface area contributed by atoms with Crippen LogP contribution in [0.1, 0.15) is 75.0 Å². The Labute approximate surface area is 261 Å². The number of esters is 1. The number of carbonyl (C=O) groups is 2. The Balaban J connectivity index is 1.48. The molecule has 2 fully saturated rings. The van der Waals surface area contributed by atoms with Gasteiger partial charge in [0.2, 0.25) is 0 Å². The number of nitrogens with two attached hydrogens (primary N) is 1. The minimum absolute atomic E-state index is 0.0911. The van der Waals surface area contributed by atoms with Crippen molar-refractivity contribution in [2.75, 3.05) is 69.1 Å². The van der Waals surface area contributed by atoms with Crippen molar-refractivity contribution in [1.82, 2.24) is 14.9 Å². The van der Waals surface area contributed by atoms with Gasteiger partial charge in [0.15, 0.2) is 17.3 Å². The zero-order valence-electron chi connectivity index (χ0n) is 26.7. The van der Waals surface area contributed by atoms with Gasteiger partial charge < -0.3 is 35.5 Å². The quantitative estimate of drug-likeness (QED) is 0.198. The molecule has 0 spiro atoms. The molecule has 12 heteroatoms. The molecule has 1 aromatic carbocycles. The average Bonchev–Trinajstić information content (AvgIpc) is 3.05. The van der Waals surface area contributed by atoms with Gasteiger partial charge in [-0.15, -0.1) is 0 Å². The van der Waals surface area contributed by atoms with Crippen molar-refractivity contribution in [2.24, 2.45) is 5.73 Å². The van der Waals surface area contributed by atoms with Gasteiger partial charge in [0, 0.05) is 57.2 Å². The molecule has 1 atom stereocenters. The average molecular weight is 612 g/mol. The highest BCUT2D eigenvalue weighted by atomic mass is 16.5. The summed E-state index contributed by atoms with van der Waals surface area (Å²) >= 11 is 0. The second-order valence-electron chi connectivity index (χ2n) is 11.4. The molecule has 0 bridgehead atoms.